The summed E-state index contributed by atoms with van der Waals surface area (Å²) < 4.78 is 4.64. The zero-order valence-electron chi connectivity index (χ0n) is 15.9. The summed E-state index contributed by atoms with van der Waals surface area (Å²) in [4.78, 5) is 38.1. The van der Waals surface area contributed by atoms with Crippen molar-refractivity contribution in [2.75, 3.05) is 19.0 Å². The van der Waals surface area contributed by atoms with E-state index in [9.17, 15) is 14.4 Å². The lowest BCUT2D eigenvalue weighted by Gasteiger charge is -2.28. The third kappa shape index (κ3) is 4.46. The van der Waals surface area contributed by atoms with Crippen molar-refractivity contribution in [3.8, 4) is 0 Å². The Labute approximate surface area is 163 Å². The molecule has 1 N–H and O–H groups in total. The second-order valence-electron chi connectivity index (χ2n) is 6.63. The highest BCUT2D eigenvalue weighted by Crippen LogP contribution is 2.19. The number of fused-ring (bicyclic) bond motifs is 1. The van der Waals surface area contributed by atoms with E-state index in [2.05, 4.69) is 16.1 Å². The SMILES string of the molecule is COC(=O)c1ccc(NC(=O)/C(C)=C/C(=O)N2CCc3ccccc3C2)cc1. The normalized spacial score (nSPS) is 13.5. The average Bonchev–Trinajstić information content (AvgIpc) is 2.73. The predicted molar refractivity (Wildman–Crippen MR) is 106 cm³/mol. The molecule has 0 spiro atoms. The van der Waals surface area contributed by atoms with Crippen molar-refractivity contribution >= 4 is 23.5 Å². The molecule has 6 nitrogen and oxygen atoms in total. The minimum atomic E-state index is -0.442. The standard InChI is InChI=1S/C22H22N2O4/c1-15(21(26)23-19-9-7-17(8-10-19)22(27)28-2)13-20(25)24-12-11-16-5-3-4-6-18(16)14-24/h3-10,13H,11-12,14H2,1-2H3,(H,23,26)/b15-13+. The van der Waals surface area contributed by atoms with E-state index in [0.29, 0.717) is 29.9 Å². The number of carbonyl (C=O) groups excluding carboxylic acids is 3. The van der Waals surface area contributed by atoms with Crippen molar-refractivity contribution in [2.24, 2.45) is 0 Å². The molecular formula is C22H22N2O4. The van der Waals surface area contributed by atoms with Gasteiger partial charge < -0.3 is 15.0 Å². The lowest BCUT2D eigenvalue weighted by atomic mass is 10.00. The lowest BCUT2D eigenvalue weighted by Crippen LogP contribution is -2.35. The number of esters is 1. The number of anilines is 1. The summed E-state index contributed by atoms with van der Waals surface area (Å²) in [5.41, 5.74) is 3.66. The van der Waals surface area contributed by atoms with Gasteiger partial charge in [-0.05, 0) is 48.7 Å². The van der Waals surface area contributed by atoms with Crippen LogP contribution in [0.2, 0.25) is 0 Å². The molecule has 0 unspecified atom stereocenters. The molecule has 2 amide bonds. The Morgan fingerprint density at radius 2 is 1.71 bits per heavy atom. The molecule has 28 heavy (non-hydrogen) atoms. The summed E-state index contributed by atoms with van der Waals surface area (Å²) in [6.45, 7) is 2.79. The number of nitrogens with one attached hydrogen (secondary N) is 1. The lowest BCUT2D eigenvalue weighted by molar-refractivity contribution is -0.127. The van der Waals surface area contributed by atoms with E-state index in [1.807, 2.05) is 18.2 Å². The van der Waals surface area contributed by atoms with Crippen LogP contribution in [0.3, 0.4) is 0 Å². The molecule has 0 atom stereocenters. The second-order valence-corrected chi connectivity index (χ2v) is 6.63. The van der Waals surface area contributed by atoms with Crippen LogP contribution in [0.1, 0.15) is 28.4 Å². The van der Waals surface area contributed by atoms with Gasteiger partial charge in [-0.25, -0.2) is 4.79 Å². The van der Waals surface area contributed by atoms with Crippen molar-refractivity contribution in [1.29, 1.82) is 0 Å². The zero-order chi connectivity index (χ0) is 20.1. The number of methoxy groups -OCH3 is 1. The molecule has 0 aromatic heterocycles. The summed E-state index contributed by atoms with van der Waals surface area (Å²) in [6, 6.07) is 14.4. The molecular weight excluding hydrogens is 356 g/mol. The van der Waals surface area contributed by atoms with E-state index in [-0.39, 0.29) is 11.8 Å². The maximum absolute atomic E-state index is 12.5. The van der Waals surface area contributed by atoms with E-state index in [0.717, 1.165) is 12.0 Å². The maximum Gasteiger partial charge on any atom is 0.337 e. The molecule has 6 heteroatoms. The van der Waals surface area contributed by atoms with Gasteiger partial charge in [0.1, 0.15) is 0 Å². The fourth-order valence-corrected chi connectivity index (χ4v) is 3.06. The molecule has 0 saturated carbocycles. The van der Waals surface area contributed by atoms with Gasteiger partial charge in [-0.15, -0.1) is 0 Å². The van der Waals surface area contributed by atoms with Crippen molar-refractivity contribution in [3.05, 3.63) is 76.9 Å². The topological polar surface area (TPSA) is 75.7 Å². The number of hydrogen-bond donors (Lipinski definition) is 1. The van der Waals surface area contributed by atoms with Crippen LogP contribution in [0.25, 0.3) is 0 Å². The summed E-state index contributed by atoms with van der Waals surface area (Å²) in [5.74, 6) is -0.984. The molecule has 1 heterocycles. The van der Waals surface area contributed by atoms with Crippen LogP contribution in [0.5, 0.6) is 0 Å². The van der Waals surface area contributed by atoms with Crippen molar-refractivity contribution in [1.82, 2.24) is 4.90 Å². The molecule has 2 aromatic rings. The first kappa shape index (κ1) is 19.4. The van der Waals surface area contributed by atoms with Crippen molar-refractivity contribution < 1.29 is 19.1 Å². The largest absolute Gasteiger partial charge is 0.465 e. The van der Waals surface area contributed by atoms with Crippen LogP contribution in [-0.2, 0) is 27.3 Å². The van der Waals surface area contributed by atoms with Crippen molar-refractivity contribution in [3.63, 3.8) is 0 Å². The molecule has 3 rings (SSSR count). The summed E-state index contributed by atoms with van der Waals surface area (Å²) >= 11 is 0. The highest BCUT2D eigenvalue weighted by Gasteiger charge is 2.19. The van der Waals surface area contributed by atoms with Crippen LogP contribution >= 0.6 is 0 Å². The summed E-state index contributed by atoms with van der Waals surface area (Å²) in [6.07, 6.45) is 2.18. The Kier molecular flexibility index (Phi) is 5.89. The third-order valence-electron chi connectivity index (χ3n) is 4.70. The number of hydrogen-bond acceptors (Lipinski definition) is 4. The predicted octanol–water partition coefficient (Wildman–Crippen LogP) is 2.94. The van der Waals surface area contributed by atoms with Gasteiger partial charge in [0.05, 0.1) is 12.7 Å². The number of rotatable bonds is 4. The molecule has 1 aliphatic heterocycles. The van der Waals surface area contributed by atoms with E-state index >= 15 is 0 Å². The van der Waals surface area contributed by atoms with Crippen LogP contribution in [0, 0.1) is 0 Å². The Bertz CT molecular complexity index is 932. The molecule has 0 aliphatic carbocycles. The molecule has 0 fully saturated rings. The van der Waals surface area contributed by atoms with Gasteiger partial charge >= 0.3 is 5.97 Å². The van der Waals surface area contributed by atoms with E-state index in [1.54, 1.807) is 36.1 Å². The van der Waals surface area contributed by atoms with Gasteiger partial charge in [0.15, 0.2) is 0 Å². The quantitative estimate of drug-likeness (QED) is 0.656. The average molecular weight is 378 g/mol. The van der Waals surface area contributed by atoms with Gasteiger partial charge in [0.2, 0.25) is 5.91 Å². The first-order chi connectivity index (χ1) is 13.5. The molecule has 0 radical (unpaired) electrons. The Morgan fingerprint density at radius 3 is 2.39 bits per heavy atom. The highest BCUT2D eigenvalue weighted by molar-refractivity contribution is 6.07. The van der Waals surface area contributed by atoms with Crippen LogP contribution in [0.4, 0.5) is 5.69 Å². The number of benzene rings is 2. The molecule has 2 aromatic carbocycles. The first-order valence-corrected chi connectivity index (χ1v) is 9.01. The third-order valence-corrected chi connectivity index (χ3v) is 4.70. The first-order valence-electron chi connectivity index (χ1n) is 9.01. The monoisotopic (exact) mass is 378 g/mol. The van der Waals surface area contributed by atoms with Crippen LogP contribution in [0.15, 0.2) is 60.2 Å². The fourth-order valence-electron chi connectivity index (χ4n) is 3.06. The second kappa shape index (κ2) is 8.52. The number of nitrogens with zero attached hydrogens (tertiary/aromatic N) is 1. The number of amides is 2. The minimum absolute atomic E-state index is 0.178. The Morgan fingerprint density at radius 1 is 1.04 bits per heavy atom. The molecule has 0 saturated heterocycles. The summed E-state index contributed by atoms with van der Waals surface area (Å²) in [7, 11) is 1.31. The van der Waals surface area contributed by atoms with Gasteiger partial charge in [0, 0.05) is 30.4 Å². The zero-order valence-corrected chi connectivity index (χ0v) is 15.9. The van der Waals surface area contributed by atoms with Crippen LogP contribution in [-0.4, -0.2) is 36.3 Å². The smallest absolute Gasteiger partial charge is 0.337 e. The number of carbonyl (C=O) groups is 3. The maximum atomic E-state index is 12.5. The van der Waals surface area contributed by atoms with Gasteiger partial charge in [0.25, 0.3) is 5.91 Å². The molecule has 144 valence electrons. The van der Waals surface area contributed by atoms with E-state index < -0.39 is 5.97 Å². The minimum Gasteiger partial charge on any atom is -0.465 e. The van der Waals surface area contributed by atoms with Gasteiger partial charge in [-0.3, -0.25) is 9.59 Å². The molecule has 1 aliphatic rings. The Hall–Kier alpha value is -3.41. The highest BCUT2D eigenvalue weighted by atomic mass is 16.5. The van der Waals surface area contributed by atoms with Gasteiger partial charge in [-0.1, -0.05) is 24.3 Å². The van der Waals surface area contributed by atoms with Crippen LogP contribution < -0.4 is 5.32 Å². The number of ether oxygens (including phenoxy) is 1. The van der Waals surface area contributed by atoms with Gasteiger partial charge in [-0.2, -0.15) is 0 Å². The van der Waals surface area contributed by atoms with Crippen molar-refractivity contribution in [2.45, 2.75) is 19.9 Å². The Balaban J connectivity index is 1.62. The van der Waals surface area contributed by atoms with E-state index in [4.69, 9.17) is 0 Å². The fraction of sp³-hybridized carbons (Fsp3) is 0.227. The molecule has 0 bridgehead atoms. The van der Waals surface area contributed by atoms with E-state index in [1.165, 1.54) is 18.7 Å². The summed E-state index contributed by atoms with van der Waals surface area (Å²) in [5, 5.41) is 2.72.